The van der Waals surface area contributed by atoms with Gasteiger partial charge in [-0.3, -0.25) is 14.7 Å². The number of benzene rings is 2. The van der Waals surface area contributed by atoms with Crippen molar-refractivity contribution >= 4 is 28.6 Å². The molecule has 3 aromatic rings. The number of nitrogens with zero attached hydrogens (tertiary/aromatic N) is 6. The van der Waals surface area contributed by atoms with Crippen molar-refractivity contribution < 1.29 is 4.39 Å². The van der Waals surface area contributed by atoms with Crippen LogP contribution in [0.2, 0.25) is 0 Å². The molecular formula is C26H33FN8. The number of nitrogens with two attached hydrogens (primary N) is 1. The predicted octanol–water partition coefficient (Wildman–Crippen LogP) is 3.52. The van der Waals surface area contributed by atoms with Gasteiger partial charge in [-0.05, 0) is 56.8 Å². The van der Waals surface area contributed by atoms with Gasteiger partial charge in [0.1, 0.15) is 11.7 Å². The summed E-state index contributed by atoms with van der Waals surface area (Å²) in [6.07, 6.45) is 3.62. The lowest BCUT2D eigenvalue weighted by Gasteiger charge is -2.30. The van der Waals surface area contributed by atoms with E-state index in [1.165, 1.54) is 12.1 Å². The second-order valence-electron chi connectivity index (χ2n) is 8.75. The third-order valence-electron chi connectivity index (χ3n) is 5.95. The molecule has 1 aliphatic heterocycles. The Balaban J connectivity index is 1.53. The van der Waals surface area contributed by atoms with Gasteiger partial charge in [0.2, 0.25) is 0 Å². The van der Waals surface area contributed by atoms with Gasteiger partial charge < -0.3 is 16.0 Å². The van der Waals surface area contributed by atoms with Crippen molar-refractivity contribution in [1.82, 2.24) is 19.7 Å². The van der Waals surface area contributed by atoms with Gasteiger partial charge in [-0.2, -0.15) is 10.2 Å². The van der Waals surface area contributed by atoms with Gasteiger partial charge in [0.25, 0.3) is 0 Å². The number of amidine groups is 1. The SMILES string of the molecule is CCN=C(Nc1ccc2c(cnn2Cc2cccc(F)c2)c1)C(/C=N/N1CCN(C)CC1)=C(\C)N. The zero-order valence-corrected chi connectivity index (χ0v) is 20.6. The van der Waals surface area contributed by atoms with Crippen LogP contribution in [0.5, 0.6) is 0 Å². The Labute approximate surface area is 205 Å². The average molecular weight is 477 g/mol. The van der Waals surface area contributed by atoms with Crippen molar-refractivity contribution in [3.05, 3.63) is 71.3 Å². The van der Waals surface area contributed by atoms with Crippen LogP contribution >= 0.6 is 0 Å². The summed E-state index contributed by atoms with van der Waals surface area (Å²) in [6.45, 7) is 8.69. The quantitative estimate of drug-likeness (QED) is 0.403. The summed E-state index contributed by atoms with van der Waals surface area (Å²) in [7, 11) is 2.12. The maximum Gasteiger partial charge on any atom is 0.136 e. The summed E-state index contributed by atoms with van der Waals surface area (Å²) in [5.41, 5.74) is 10.4. The number of likely N-dealkylation sites (N-methyl/N-ethyl adjacent to an activating group) is 1. The summed E-state index contributed by atoms with van der Waals surface area (Å²) in [5, 5.41) is 15.6. The highest BCUT2D eigenvalue weighted by Gasteiger charge is 2.14. The van der Waals surface area contributed by atoms with Crippen molar-refractivity contribution in [1.29, 1.82) is 0 Å². The highest BCUT2D eigenvalue weighted by atomic mass is 19.1. The van der Waals surface area contributed by atoms with E-state index in [0.717, 1.165) is 53.9 Å². The molecular weight excluding hydrogens is 443 g/mol. The molecule has 9 heteroatoms. The Kier molecular flexibility index (Phi) is 7.77. The van der Waals surface area contributed by atoms with Crippen LogP contribution in [0.4, 0.5) is 10.1 Å². The molecule has 3 N–H and O–H groups in total. The standard InChI is InChI=1S/C26H33FN8/c1-4-29-26(24(19(2)28)17-30-34-12-10-33(3)11-13-34)32-23-8-9-25-21(15-23)16-31-35(25)18-20-6-5-7-22(27)14-20/h5-9,14-17H,4,10-13,18,28H2,1-3H3,(H,29,32)/b24-19+,30-17+. The van der Waals surface area contributed by atoms with E-state index in [0.29, 0.717) is 24.6 Å². The Hall–Kier alpha value is -3.72. The zero-order valence-electron chi connectivity index (χ0n) is 20.6. The van der Waals surface area contributed by atoms with Crippen LogP contribution in [-0.2, 0) is 6.54 Å². The summed E-state index contributed by atoms with van der Waals surface area (Å²) < 4.78 is 15.4. The van der Waals surface area contributed by atoms with Gasteiger partial charge in [0, 0.05) is 49.5 Å². The molecule has 1 aliphatic rings. The second-order valence-corrected chi connectivity index (χ2v) is 8.75. The van der Waals surface area contributed by atoms with Crippen LogP contribution in [0.1, 0.15) is 19.4 Å². The Morgan fingerprint density at radius 2 is 1.97 bits per heavy atom. The molecule has 0 saturated carbocycles. The lowest BCUT2D eigenvalue weighted by atomic mass is 10.1. The van der Waals surface area contributed by atoms with Crippen LogP contribution in [0, 0.1) is 5.82 Å². The third kappa shape index (κ3) is 6.24. The monoisotopic (exact) mass is 476 g/mol. The first-order valence-electron chi connectivity index (χ1n) is 11.9. The van der Waals surface area contributed by atoms with Crippen LogP contribution in [0.3, 0.4) is 0 Å². The molecule has 4 rings (SSSR count). The van der Waals surface area contributed by atoms with Gasteiger partial charge in [0.05, 0.1) is 30.0 Å². The summed E-state index contributed by atoms with van der Waals surface area (Å²) in [5.74, 6) is 0.431. The number of rotatable bonds is 7. The molecule has 0 bridgehead atoms. The fourth-order valence-electron chi connectivity index (χ4n) is 3.99. The number of fused-ring (bicyclic) bond motifs is 1. The van der Waals surface area contributed by atoms with E-state index in [2.05, 4.69) is 37.5 Å². The number of nitrogens with one attached hydrogen (secondary N) is 1. The van der Waals surface area contributed by atoms with E-state index in [9.17, 15) is 4.39 Å². The zero-order chi connectivity index (χ0) is 24.8. The number of halogens is 1. The fraction of sp³-hybridized carbons (Fsp3) is 0.346. The molecule has 0 unspecified atom stereocenters. The van der Waals surface area contributed by atoms with Crippen molar-refractivity contribution in [2.24, 2.45) is 15.8 Å². The van der Waals surface area contributed by atoms with Crippen molar-refractivity contribution in [3.8, 4) is 0 Å². The molecule has 0 spiro atoms. The second kappa shape index (κ2) is 11.1. The first-order chi connectivity index (χ1) is 16.9. The number of hydrogen-bond donors (Lipinski definition) is 2. The number of hydrazone groups is 1. The lowest BCUT2D eigenvalue weighted by Crippen LogP contribution is -2.42. The normalized spacial score (nSPS) is 16.2. The Morgan fingerprint density at radius 3 is 2.69 bits per heavy atom. The molecule has 2 aromatic carbocycles. The summed E-state index contributed by atoms with van der Waals surface area (Å²) >= 11 is 0. The van der Waals surface area contributed by atoms with Crippen molar-refractivity contribution in [3.63, 3.8) is 0 Å². The van der Waals surface area contributed by atoms with Crippen LogP contribution in [0.25, 0.3) is 10.9 Å². The molecule has 8 nitrogen and oxygen atoms in total. The first-order valence-corrected chi connectivity index (χ1v) is 11.9. The van der Waals surface area contributed by atoms with Crippen molar-refractivity contribution in [2.45, 2.75) is 20.4 Å². The highest BCUT2D eigenvalue weighted by Crippen LogP contribution is 2.21. The molecule has 1 saturated heterocycles. The molecule has 0 aliphatic carbocycles. The van der Waals surface area contributed by atoms with Gasteiger partial charge in [-0.15, -0.1) is 0 Å². The third-order valence-corrected chi connectivity index (χ3v) is 5.95. The first kappa shape index (κ1) is 24.4. The number of piperazine rings is 1. The molecule has 184 valence electrons. The maximum absolute atomic E-state index is 13.6. The van der Waals surface area contributed by atoms with Crippen LogP contribution in [-0.4, -0.2) is 71.5 Å². The maximum atomic E-state index is 13.6. The molecule has 2 heterocycles. The number of aliphatic imine (C=N–C) groups is 1. The van der Waals surface area contributed by atoms with E-state index >= 15 is 0 Å². The average Bonchev–Trinajstić information content (AvgIpc) is 3.22. The molecule has 0 atom stereocenters. The van der Waals surface area contributed by atoms with E-state index < -0.39 is 0 Å². The highest BCUT2D eigenvalue weighted by molar-refractivity contribution is 6.21. The van der Waals surface area contributed by atoms with Gasteiger partial charge in [0.15, 0.2) is 0 Å². The number of allylic oxidation sites excluding steroid dienone is 1. The summed E-state index contributed by atoms with van der Waals surface area (Å²) in [6, 6.07) is 12.6. The van der Waals surface area contributed by atoms with Crippen LogP contribution in [0.15, 0.2) is 70.0 Å². The van der Waals surface area contributed by atoms with Gasteiger partial charge >= 0.3 is 0 Å². The van der Waals surface area contributed by atoms with Gasteiger partial charge in [-0.1, -0.05) is 12.1 Å². The number of aromatic nitrogens is 2. The largest absolute Gasteiger partial charge is 0.402 e. The van der Waals surface area contributed by atoms with Gasteiger partial charge in [-0.25, -0.2) is 4.39 Å². The molecule has 1 aromatic heterocycles. The predicted molar refractivity (Wildman–Crippen MR) is 141 cm³/mol. The molecule has 0 radical (unpaired) electrons. The number of hydrogen-bond acceptors (Lipinski definition) is 6. The van der Waals surface area contributed by atoms with E-state index in [1.54, 1.807) is 12.3 Å². The lowest BCUT2D eigenvalue weighted by molar-refractivity contribution is 0.159. The topological polar surface area (TPSA) is 87.1 Å². The summed E-state index contributed by atoms with van der Waals surface area (Å²) in [4.78, 5) is 6.95. The van der Waals surface area contributed by atoms with Crippen LogP contribution < -0.4 is 11.1 Å². The fourth-order valence-corrected chi connectivity index (χ4v) is 3.99. The van der Waals surface area contributed by atoms with E-state index in [-0.39, 0.29) is 5.82 Å². The minimum absolute atomic E-state index is 0.247. The van der Waals surface area contributed by atoms with E-state index in [4.69, 9.17) is 5.73 Å². The molecule has 0 amide bonds. The number of anilines is 1. The van der Waals surface area contributed by atoms with E-state index in [1.807, 2.05) is 49.0 Å². The Bertz CT molecular complexity index is 1250. The Morgan fingerprint density at radius 1 is 1.17 bits per heavy atom. The minimum Gasteiger partial charge on any atom is -0.402 e. The molecule has 35 heavy (non-hydrogen) atoms. The minimum atomic E-state index is -0.247. The molecule has 1 fully saturated rings. The van der Waals surface area contributed by atoms with Crippen molar-refractivity contribution in [2.75, 3.05) is 45.1 Å². The smallest absolute Gasteiger partial charge is 0.136 e.